The summed E-state index contributed by atoms with van der Waals surface area (Å²) in [5.74, 6) is -1.20. The molecule has 0 atom stereocenters. The summed E-state index contributed by atoms with van der Waals surface area (Å²) < 4.78 is 1.55. The highest BCUT2D eigenvalue weighted by Crippen LogP contribution is 2.16. The first-order chi connectivity index (χ1) is 13.9. The number of primary amides is 1. The maximum atomic E-state index is 12.4. The average Bonchev–Trinajstić information content (AvgIpc) is 2.70. The molecule has 4 N–H and O–H groups in total. The number of hydrogen-bond donors (Lipinski definition) is 3. The van der Waals surface area contributed by atoms with Gasteiger partial charge in [0.05, 0.1) is 0 Å². The molecule has 0 unspecified atom stereocenters. The zero-order valence-corrected chi connectivity index (χ0v) is 17.2. The van der Waals surface area contributed by atoms with E-state index in [1.165, 1.54) is 6.20 Å². The molecule has 1 aromatic heterocycles. The fraction of sp³-hybridized carbons (Fsp3) is 0.0476. The number of halogens is 2. The predicted octanol–water partition coefficient (Wildman–Crippen LogP) is -0.379. The first-order valence-electron chi connectivity index (χ1n) is 8.66. The van der Waals surface area contributed by atoms with E-state index in [0.717, 1.165) is 0 Å². The molecule has 0 spiro atoms. The molecule has 0 aliphatic heterocycles. The third-order valence-corrected chi connectivity index (χ3v) is 4.23. The number of carbonyl (C=O) groups excluding carboxylic acids is 3. The largest absolute Gasteiger partial charge is 1.00 e. The van der Waals surface area contributed by atoms with Crippen LogP contribution in [0.1, 0.15) is 20.7 Å². The van der Waals surface area contributed by atoms with Crippen LogP contribution in [0.15, 0.2) is 73.1 Å². The molecule has 9 heteroatoms. The van der Waals surface area contributed by atoms with E-state index in [1.54, 1.807) is 71.4 Å². The summed E-state index contributed by atoms with van der Waals surface area (Å²) in [6.45, 7) is -0.0116. The number of pyridine rings is 1. The van der Waals surface area contributed by atoms with Crippen LogP contribution in [0.25, 0.3) is 0 Å². The molecular weight excluding hydrogens is 427 g/mol. The summed E-state index contributed by atoms with van der Waals surface area (Å²) in [6, 6.07) is 16.5. The minimum absolute atomic E-state index is 0. The number of rotatable bonds is 6. The molecule has 1 heterocycles. The average molecular weight is 445 g/mol. The van der Waals surface area contributed by atoms with Gasteiger partial charge in [-0.25, -0.2) is 0 Å². The van der Waals surface area contributed by atoms with Crippen molar-refractivity contribution in [3.05, 3.63) is 89.2 Å². The van der Waals surface area contributed by atoms with Crippen molar-refractivity contribution in [3.8, 4) is 0 Å². The lowest BCUT2D eigenvalue weighted by atomic mass is 10.2. The molecule has 0 bridgehead atoms. The van der Waals surface area contributed by atoms with Crippen molar-refractivity contribution in [1.29, 1.82) is 0 Å². The summed E-state index contributed by atoms with van der Waals surface area (Å²) in [6.07, 6.45) is 3.15. The molecule has 0 saturated heterocycles. The zero-order chi connectivity index (χ0) is 20.8. The van der Waals surface area contributed by atoms with Gasteiger partial charge in [0.1, 0.15) is 5.56 Å². The standard InChI is InChI=1S/C21H17ClN4O3.ClH/c22-16-6-8-17(9-7-16)25-21(29)14-3-1-5-18(11-14)24-19(27)13-26-10-2-4-15(12-26)20(23)28;/h1-12H,13H2,(H3-,23,24,25,27,28,29);1H. The zero-order valence-electron chi connectivity index (χ0n) is 15.6. The Hall–Kier alpha value is -3.42. The third-order valence-electron chi connectivity index (χ3n) is 3.98. The van der Waals surface area contributed by atoms with Crippen LogP contribution in [0.4, 0.5) is 11.4 Å². The number of benzene rings is 2. The van der Waals surface area contributed by atoms with E-state index in [0.29, 0.717) is 27.5 Å². The summed E-state index contributed by atoms with van der Waals surface area (Å²) in [5.41, 5.74) is 7.03. The van der Waals surface area contributed by atoms with Gasteiger partial charge in [-0.2, -0.15) is 4.57 Å². The Kier molecular flexibility index (Phi) is 7.91. The lowest BCUT2D eigenvalue weighted by molar-refractivity contribution is -0.684. The van der Waals surface area contributed by atoms with Gasteiger partial charge in [-0.1, -0.05) is 17.7 Å². The Bertz CT molecular complexity index is 1070. The van der Waals surface area contributed by atoms with E-state index in [2.05, 4.69) is 10.6 Å². The van der Waals surface area contributed by atoms with Gasteiger partial charge in [0.2, 0.25) is 6.54 Å². The minimum Gasteiger partial charge on any atom is -1.00 e. The molecule has 2 aromatic carbocycles. The topological polar surface area (TPSA) is 105 Å². The normalized spacial score (nSPS) is 9.90. The van der Waals surface area contributed by atoms with Crippen LogP contribution in [0.3, 0.4) is 0 Å². The van der Waals surface area contributed by atoms with Gasteiger partial charge in [-0.3, -0.25) is 14.4 Å². The van der Waals surface area contributed by atoms with Gasteiger partial charge in [0, 0.05) is 28.0 Å². The Labute approximate surface area is 184 Å². The SMILES string of the molecule is NC(=O)c1ccc[n+](CC(=O)Nc2cccc(C(=O)Nc3ccc(Cl)cc3)c2)c1.[Cl-]. The monoisotopic (exact) mass is 444 g/mol. The van der Waals surface area contributed by atoms with Crippen molar-refractivity contribution in [2.24, 2.45) is 5.73 Å². The Morgan fingerprint density at radius 2 is 1.60 bits per heavy atom. The van der Waals surface area contributed by atoms with Crippen molar-refractivity contribution in [2.75, 3.05) is 10.6 Å². The fourth-order valence-electron chi connectivity index (χ4n) is 2.61. The van der Waals surface area contributed by atoms with Gasteiger partial charge in [-0.05, 0) is 48.5 Å². The number of carbonyl (C=O) groups is 3. The molecule has 0 radical (unpaired) electrons. The molecule has 0 aliphatic rings. The van der Waals surface area contributed by atoms with Crippen LogP contribution in [0.2, 0.25) is 5.02 Å². The van der Waals surface area contributed by atoms with Crippen LogP contribution < -0.4 is 33.3 Å². The number of aromatic nitrogens is 1. The smallest absolute Gasteiger partial charge is 0.290 e. The van der Waals surface area contributed by atoms with Gasteiger partial charge in [0.25, 0.3) is 17.7 Å². The summed E-state index contributed by atoms with van der Waals surface area (Å²) in [5, 5.41) is 6.07. The number of anilines is 2. The molecule has 7 nitrogen and oxygen atoms in total. The highest BCUT2D eigenvalue weighted by molar-refractivity contribution is 6.30. The van der Waals surface area contributed by atoms with E-state index in [-0.39, 0.29) is 30.8 Å². The maximum Gasteiger partial charge on any atom is 0.290 e. The second kappa shape index (κ2) is 10.4. The second-order valence-corrected chi connectivity index (χ2v) is 6.66. The highest BCUT2D eigenvalue weighted by atomic mass is 35.5. The van der Waals surface area contributed by atoms with Crippen molar-refractivity contribution >= 4 is 40.7 Å². The number of amides is 3. The number of nitrogens with two attached hydrogens (primary N) is 1. The molecule has 3 rings (SSSR count). The molecule has 0 aliphatic carbocycles. The summed E-state index contributed by atoms with van der Waals surface area (Å²) in [4.78, 5) is 36.0. The maximum absolute atomic E-state index is 12.4. The highest BCUT2D eigenvalue weighted by Gasteiger charge is 2.13. The summed E-state index contributed by atoms with van der Waals surface area (Å²) >= 11 is 5.84. The number of nitrogens with one attached hydrogen (secondary N) is 2. The molecule has 154 valence electrons. The van der Waals surface area contributed by atoms with Crippen molar-refractivity contribution in [2.45, 2.75) is 6.54 Å². The lowest BCUT2D eigenvalue weighted by Crippen LogP contribution is -3.00. The van der Waals surface area contributed by atoms with Crippen molar-refractivity contribution in [1.82, 2.24) is 0 Å². The molecule has 0 fully saturated rings. The molecule has 0 saturated carbocycles. The summed E-state index contributed by atoms with van der Waals surface area (Å²) in [7, 11) is 0. The van der Waals surface area contributed by atoms with Gasteiger partial charge in [0.15, 0.2) is 12.4 Å². The number of hydrogen-bond acceptors (Lipinski definition) is 3. The number of nitrogens with zero attached hydrogens (tertiary/aromatic N) is 1. The van der Waals surface area contributed by atoms with Crippen molar-refractivity contribution in [3.63, 3.8) is 0 Å². The first-order valence-corrected chi connectivity index (χ1v) is 9.04. The third kappa shape index (κ3) is 6.30. The predicted molar refractivity (Wildman–Crippen MR) is 110 cm³/mol. The molecule has 3 aromatic rings. The minimum atomic E-state index is -0.570. The van der Waals surface area contributed by atoms with Crippen LogP contribution in [-0.2, 0) is 11.3 Å². The fourth-order valence-corrected chi connectivity index (χ4v) is 2.73. The second-order valence-electron chi connectivity index (χ2n) is 6.22. The molecule has 3 amide bonds. The van der Waals surface area contributed by atoms with Gasteiger partial charge >= 0.3 is 0 Å². The Morgan fingerprint density at radius 1 is 0.900 bits per heavy atom. The lowest BCUT2D eigenvalue weighted by Gasteiger charge is -2.08. The van der Waals surface area contributed by atoms with Crippen LogP contribution in [0.5, 0.6) is 0 Å². The molecular formula is C21H18Cl2N4O3. The van der Waals surface area contributed by atoms with Crippen molar-refractivity contribution < 1.29 is 31.4 Å². The Balaban J connectivity index is 0.00000320. The van der Waals surface area contributed by atoms with E-state index in [4.69, 9.17) is 17.3 Å². The van der Waals surface area contributed by atoms with E-state index < -0.39 is 5.91 Å². The van der Waals surface area contributed by atoms with Gasteiger partial charge in [-0.15, -0.1) is 0 Å². The first kappa shape index (κ1) is 22.9. The van der Waals surface area contributed by atoms with E-state index in [1.807, 2.05) is 0 Å². The van der Waals surface area contributed by atoms with E-state index in [9.17, 15) is 14.4 Å². The Morgan fingerprint density at radius 3 is 2.30 bits per heavy atom. The molecule has 30 heavy (non-hydrogen) atoms. The van der Waals surface area contributed by atoms with E-state index >= 15 is 0 Å². The van der Waals surface area contributed by atoms with Crippen LogP contribution >= 0.6 is 11.6 Å². The quantitative estimate of drug-likeness (QED) is 0.451. The van der Waals surface area contributed by atoms with Crippen LogP contribution in [0, 0.1) is 0 Å². The van der Waals surface area contributed by atoms with Gasteiger partial charge < -0.3 is 28.8 Å². The van der Waals surface area contributed by atoms with Crippen LogP contribution in [-0.4, -0.2) is 17.7 Å².